The van der Waals surface area contributed by atoms with Gasteiger partial charge in [0.25, 0.3) is 0 Å². The van der Waals surface area contributed by atoms with Gasteiger partial charge in [0.15, 0.2) is 11.6 Å². The third-order valence-corrected chi connectivity index (χ3v) is 4.95. The van der Waals surface area contributed by atoms with E-state index in [1.165, 1.54) is 18.6 Å². The second kappa shape index (κ2) is 6.05. The fraction of sp³-hybridized carbons (Fsp3) is 0.471. The van der Waals surface area contributed by atoms with Gasteiger partial charge < -0.3 is 4.90 Å². The summed E-state index contributed by atoms with van der Waals surface area (Å²) in [5.74, 6) is -0.208. The molecule has 0 radical (unpaired) electrons. The van der Waals surface area contributed by atoms with E-state index in [0.29, 0.717) is 36.6 Å². The predicted molar refractivity (Wildman–Crippen MR) is 85.5 cm³/mol. The molecule has 0 aromatic carbocycles. The number of nitrogens with zero attached hydrogens (tertiary/aromatic N) is 5. The van der Waals surface area contributed by atoms with Crippen molar-refractivity contribution in [1.29, 1.82) is 0 Å². The van der Waals surface area contributed by atoms with Crippen molar-refractivity contribution in [3.8, 4) is 0 Å². The van der Waals surface area contributed by atoms with Crippen molar-refractivity contribution in [2.45, 2.75) is 38.4 Å². The van der Waals surface area contributed by atoms with Crippen LogP contribution in [0.2, 0.25) is 0 Å². The van der Waals surface area contributed by atoms with Gasteiger partial charge in [-0.1, -0.05) is 6.92 Å². The van der Waals surface area contributed by atoms with Crippen molar-refractivity contribution in [1.82, 2.24) is 19.9 Å². The highest BCUT2D eigenvalue weighted by molar-refractivity contribution is 5.43. The van der Waals surface area contributed by atoms with Gasteiger partial charge in [0.05, 0.1) is 11.9 Å². The lowest BCUT2D eigenvalue weighted by Crippen LogP contribution is -2.68. The average molecular weight is 331 g/mol. The fourth-order valence-electron chi connectivity index (χ4n) is 3.73. The first kappa shape index (κ1) is 15.4. The quantitative estimate of drug-likeness (QED) is 0.859. The van der Waals surface area contributed by atoms with E-state index >= 15 is 0 Å². The molecule has 2 atom stereocenters. The van der Waals surface area contributed by atoms with Crippen LogP contribution in [-0.2, 0) is 13.0 Å². The fourth-order valence-corrected chi connectivity index (χ4v) is 3.73. The van der Waals surface area contributed by atoms with E-state index < -0.39 is 0 Å². The third kappa shape index (κ3) is 2.62. The van der Waals surface area contributed by atoms with Crippen molar-refractivity contribution in [3.63, 3.8) is 0 Å². The van der Waals surface area contributed by atoms with Crippen LogP contribution >= 0.6 is 0 Å². The molecule has 5 heterocycles. The number of aromatic nitrogens is 3. The number of hydrogen-bond donors (Lipinski definition) is 0. The zero-order valence-corrected chi connectivity index (χ0v) is 13.5. The molecule has 126 valence electrons. The Kier molecular flexibility index (Phi) is 3.88. The second-order valence-electron chi connectivity index (χ2n) is 6.44. The normalized spacial score (nSPS) is 23.2. The molecule has 0 saturated carbocycles. The van der Waals surface area contributed by atoms with Crippen molar-refractivity contribution >= 4 is 5.82 Å². The van der Waals surface area contributed by atoms with Crippen molar-refractivity contribution < 1.29 is 8.78 Å². The molecule has 3 saturated heterocycles. The predicted octanol–water partition coefficient (Wildman–Crippen LogP) is 2.18. The summed E-state index contributed by atoms with van der Waals surface area (Å²) >= 11 is 0. The number of hydrogen-bond acceptors (Lipinski definition) is 5. The molecule has 3 aliphatic rings. The minimum Gasteiger partial charge on any atom is -0.351 e. The molecule has 5 rings (SSSR count). The highest BCUT2D eigenvalue weighted by Gasteiger charge is 2.45. The number of rotatable bonds is 4. The van der Waals surface area contributed by atoms with Gasteiger partial charge in [-0.2, -0.15) is 0 Å². The van der Waals surface area contributed by atoms with Crippen LogP contribution in [0.3, 0.4) is 0 Å². The SMILES string of the molecule is CCc1ncnc(N2CC3CC(C2)N3Cc2cncc(F)c2)c1F. The number of anilines is 1. The zero-order chi connectivity index (χ0) is 16.7. The summed E-state index contributed by atoms with van der Waals surface area (Å²) in [6.07, 6.45) is 6.00. The van der Waals surface area contributed by atoms with E-state index in [2.05, 4.69) is 19.9 Å². The Morgan fingerprint density at radius 3 is 2.67 bits per heavy atom. The maximum absolute atomic E-state index is 14.5. The molecule has 0 spiro atoms. The van der Waals surface area contributed by atoms with Crippen LogP contribution in [0.5, 0.6) is 0 Å². The summed E-state index contributed by atoms with van der Waals surface area (Å²) in [5.41, 5.74) is 1.33. The number of pyridine rings is 1. The Hall–Kier alpha value is -2.15. The van der Waals surface area contributed by atoms with Gasteiger partial charge in [0.2, 0.25) is 0 Å². The molecule has 3 fully saturated rings. The molecule has 24 heavy (non-hydrogen) atoms. The number of fused-ring (bicyclic) bond motifs is 2. The summed E-state index contributed by atoms with van der Waals surface area (Å²) < 4.78 is 27.7. The summed E-state index contributed by atoms with van der Waals surface area (Å²) in [5, 5.41) is 0. The molecule has 0 N–H and O–H groups in total. The number of halogens is 2. The molecule has 2 aromatic rings. The van der Waals surface area contributed by atoms with Crippen LogP contribution in [0.4, 0.5) is 14.6 Å². The van der Waals surface area contributed by atoms with Gasteiger partial charge in [-0.3, -0.25) is 9.88 Å². The molecular formula is C17H19F2N5. The zero-order valence-electron chi connectivity index (χ0n) is 13.5. The maximum Gasteiger partial charge on any atom is 0.187 e. The van der Waals surface area contributed by atoms with Gasteiger partial charge >= 0.3 is 0 Å². The summed E-state index contributed by atoms with van der Waals surface area (Å²) in [7, 11) is 0. The van der Waals surface area contributed by atoms with Gasteiger partial charge in [-0.15, -0.1) is 0 Å². The molecule has 0 aliphatic carbocycles. The third-order valence-electron chi connectivity index (χ3n) is 4.95. The number of aryl methyl sites for hydroxylation is 1. The van der Waals surface area contributed by atoms with Gasteiger partial charge in [0.1, 0.15) is 12.1 Å². The van der Waals surface area contributed by atoms with Crippen LogP contribution in [0.25, 0.3) is 0 Å². The Morgan fingerprint density at radius 2 is 1.96 bits per heavy atom. The minimum absolute atomic E-state index is 0.304. The van der Waals surface area contributed by atoms with Crippen LogP contribution in [0, 0.1) is 11.6 Å². The van der Waals surface area contributed by atoms with Crippen LogP contribution < -0.4 is 4.90 Å². The molecule has 2 unspecified atom stereocenters. The van der Waals surface area contributed by atoms with Gasteiger partial charge in [-0.05, 0) is 24.5 Å². The standard InChI is InChI=1S/C17H19F2N5/c1-2-15-16(19)17(22-10-21-15)23-8-13-4-14(9-23)24(13)7-11-3-12(18)6-20-5-11/h3,5-6,10,13-14H,2,4,7-9H2,1H3. The van der Waals surface area contributed by atoms with E-state index in [1.54, 1.807) is 6.20 Å². The molecule has 5 nitrogen and oxygen atoms in total. The Bertz CT molecular complexity index is 742. The molecule has 7 heteroatoms. The largest absolute Gasteiger partial charge is 0.351 e. The van der Waals surface area contributed by atoms with Crippen LogP contribution in [-0.4, -0.2) is 45.0 Å². The van der Waals surface area contributed by atoms with Crippen LogP contribution in [0.15, 0.2) is 24.8 Å². The highest BCUT2D eigenvalue weighted by Crippen LogP contribution is 2.36. The van der Waals surface area contributed by atoms with Gasteiger partial charge in [0, 0.05) is 37.9 Å². The first-order valence-electron chi connectivity index (χ1n) is 8.25. The van der Waals surface area contributed by atoms with Crippen molar-refractivity contribution in [2.24, 2.45) is 0 Å². The number of piperidine rings is 1. The lowest BCUT2D eigenvalue weighted by Gasteiger charge is -2.56. The smallest absolute Gasteiger partial charge is 0.187 e. The summed E-state index contributed by atoms with van der Waals surface area (Å²) in [6.45, 7) is 4.03. The van der Waals surface area contributed by atoms with Crippen LogP contribution in [0.1, 0.15) is 24.6 Å². The minimum atomic E-state index is -0.310. The lowest BCUT2D eigenvalue weighted by molar-refractivity contribution is -0.00905. The molecule has 2 aromatic heterocycles. The summed E-state index contributed by atoms with van der Waals surface area (Å²) in [4.78, 5) is 16.4. The Balaban J connectivity index is 1.47. The molecular weight excluding hydrogens is 312 g/mol. The first-order chi connectivity index (χ1) is 11.7. The monoisotopic (exact) mass is 331 g/mol. The van der Waals surface area contributed by atoms with E-state index in [4.69, 9.17) is 0 Å². The Morgan fingerprint density at radius 1 is 1.17 bits per heavy atom. The van der Waals surface area contributed by atoms with E-state index in [9.17, 15) is 8.78 Å². The molecule has 3 aliphatic heterocycles. The maximum atomic E-state index is 14.5. The number of piperazine rings is 1. The topological polar surface area (TPSA) is 45.2 Å². The van der Waals surface area contributed by atoms with E-state index in [-0.39, 0.29) is 11.6 Å². The highest BCUT2D eigenvalue weighted by atomic mass is 19.1. The van der Waals surface area contributed by atoms with Crippen molar-refractivity contribution in [3.05, 3.63) is 47.7 Å². The van der Waals surface area contributed by atoms with Gasteiger partial charge in [-0.25, -0.2) is 18.7 Å². The lowest BCUT2D eigenvalue weighted by atomic mass is 9.87. The first-order valence-corrected chi connectivity index (χ1v) is 8.25. The molecule has 0 amide bonds. The van der Waals surface area contributed by atoms with E-state index in [1.807, 2.05) is 11.8 Å². The van der Waals surface area contributed by atoms with E-state index in [0.717, 1.165) is 25.1 Å². The summed E-state index contributed by atoms with van der Waals surface area (Å²) in [6, 6.07) is 2.20. The molecule has 2 bridgehead atoms. The average Bonchev–Trinajstić information content (AvgIpc) is 2.60. The second-order valence-corrected chi connectivity index (χ2v) is 6.44. The van der Waals surface area contributed by atoms with Crippen molar-refractivity contribution in [2.75, 3.05) is 18.0 Å². The Labute approximate surface area is 139 Å².